The Hall–Kier alpha value is -3.70. The van der Waals surface area contributed by atoms with Gasteiger partial charge in [-0.1, -0.05) is 62.0 Å². The lowest BCUT2D eigenvalue weighted by Gasteiger charge is -2.23. The Morgan fingerprint density at radius 3 is 2.36 bits per heavy atom. The molecular weight excluding hydrogens is 632 g/mol. The van der Waals surface area contributed by atoms with Crippen molar-refractivity contribution < 1.29 is 0 Å². The van der Waals surface area contributed by atoms with Gasteiger partial charge in [-0.25, -0.2) is 14.2 Å². The van der Waals surface area contributed by atoms with Gasteiger partial charge in [0.05, 0.1) is 16.9 Å². The predicted octanol–water partition coefficient (Wildman–Crippen LogP) is 7.99. The number of hydrogen-bond acceptors (Lipinski definition) is 7. The third kappa shape index (κ3) is 6.39. The minimum atomic E-state index is 0. The molecule has 228 valence electrons. The van der Waals surface area contributed by atoms with Gasteiger partial charge >= 0.3 is 0 Å². The van der Waals surface area contributed by atoms with Gasteiger partial charge in [0.25, 0.3) is 0 Å². The zero-order valence-corrected chi connectivity index (χ0v) is 26.7. The highest BCUT2D eigenvalue weighted by molar-refractivity contribution is 9.10. The SMILES string of the molecule is C.CCn1ncc(Br)c1NC.NSc1ccc(-c2cnn3cc(-c4ccc(C5CCNCC5)cc4)cnc23)c2ccccc12. The van der Waals surface area contributed by atoms with Crippen LogP contribution in [-0.4, -0.2) is 44.5 Å². The van der Waals surface area contributed by atoms with E-state index in [1.54, 1.807) is 6.20 Å². The minimum absolute atomic E-state index is 0. The molecule has 44 heavy (non-hydrogen) atoms. The second kappa shape index (κ2) is 14.4. The second-order valence-corrected chi connectivity index (χ2v) is 12.0. The molecule has 0 spiro atoms. The number of anilines is 1. The van der Waals surface area contributed by atoms with E-state index in [1.807, 2.05) is 34.7 Å². The molecule has 4 N–H and O–H groups in total. The number of halogens is 1. The monoisotopic (exact) mass is 670 g/mol. The van der Waals surface area contributed by atoms with Crippen LogP contribution < -0.4 is 15.8 Å². The lowest BCUT2D eigenvalue weighted by atomic mass is 9.89. The first-order chi connectivity index (χ1) is 21.1. The highest BCUT2D eigenvalue weighted by Crippen LogP contribution is 2.35. The van der Waals surface area contributed by atoms with Crippen molar-refractivity contribution in [3.05, 3.63) is 95.5 Å². The fraction of sp³-hybridized carbons (Fsp3) is 0.265. The first kappa shape index (κ1) is 31.7. The number of benzene rings is 3. The van der Waals surface area contributed by atoms with Crippen LogP contribution in [0.25, 0.3) is 38.7 Å². The Morgan fingerprint density at radius 1 is 0.932 bits per heavy atom. The summed E-state index contributed by atoms with van der Waals surface area (Å²) in [5.74, 6) is 1.69. The van der Waals surface area contributed by atoms with Gasteiger partial charge in [0.1, 0.15) is 5.82 Å². The van der Waals surface area contributed by atoms with E-state index in [0.29, 0.717) is 5.92 Å². The van der Waals surface area contributed by atoms with Crippen molar-refractivity contribution in [2.75, 3.05) is 25.5 Å². The molecule has 8 nitrogen and oxygen atoms in total. The van der Waals surface area contributed by atoms with Crippen LogP contribution in [0.3, 0.4) is 0 Å². The van der Waals surface area contributed by atoms with Gasteiger partial charge in [0.15, 0.2) is 5.65 Å². The molecule has 1 aliphatic heterocycles. The van der Waals surface area contributed by atoms with Gasteiger partial charge in [-0.05, 0) is 100 Å². The summed E-state index contributed by atoms with van der Waals surface area (Å²) in [6.07, 6.45) is 10.1. The molecule has 0 saturated carbocycles. The van der Waals surface area contributed by atoms with Gasteiger partial charge in [0, 0.05) is 42.0 Å². The Balaban J connectivity index is 0.000000300. The number of rotatable bonds is 6. The first-order valence-electron chi connectivity index (χ1n) is 14.5. The van der Waals surface area contributed by atoms with Gasteiger partial charge in [-0.2, -0.15) is 10.2 Å². The number of aromatic nitrogens is 5. The largest absolute Gasteiger partial charge is 0.372 e. The Kier molecular flexibility index (Phi) is 10.4. The normalized spacial score (nSPS) is 13.4. The maximum absolute atomic E-state index is 5.88. The van der Waals surface area contributed by atoms with Gasteiger partial charge in [0.2, 0.25) is 0 Å². The molecule has 6 aromatic rings. The molecule has 0 radical (unpaired) electrons. The van der Waals surface area contributed by atoms with Crippen molar-refractivity contribution in [3.63, 3.8) is 0 Å². The molecule has 0 bridgehead atoms. The zero-order chi connectivity index (χ0) is 29.8. The van der Waals surface area contributed by atoms with Crippen LogP contribution in [0.5, 0.6) is 0 Å². The smallest absolute Gasteiger partial charge is 0.162 e. The predicted molar refractivity (Wildman–Crippen MR) is 188 cm³/mol. The number of piperidine rings is 1. The Morgan fingerprint density at radius 2 is 1.68 bits per heavy atom. The number of nitrogens with one attached hydrogen (secondary N) is 2. The van der Waals surface area contributed by atoms with Crippen molar-refractivity contribution >= 4 is 50.1 Å². The van der Waals surface area contributed by atoms with E-state index in [-0.39, 0.29) is 7.43 Å². The number of nitrogens with zero attached hydrogens (tertiary/aromatic N) is 5. The summed E-state index contributed by atoms with van der Waals surface area (Å²) >= 11 is 4.65. The highest BCUT2D eigenvalue weighted by atomic mass is 79.9. The molecule has 7 rings (SSSR count). The standard InChI is InChI=1S/C27H25N5S.C6H10BrN3.CH4/c28-33-26-10-9-23(22-3-1-2-4-24(22)26)25-16-31-32-17-21(15-30-27(25)32)19-7-5-18(6-8-19)20-11-13-29-14-12-20;1-3-10-6(8-2)5(7)4-9-10;/h1-10,15-17,20,29H,11-14,28H2;4,8H,3H2,1-2H3;1H4. The summed E-state index contributed by atoms with van der Waals surface area (Å²) in [6, 6.07) is 21.5. The zero-order valence-electron chi connectivity index (χ0n) is 24.3. The van der Waals surface area contributed by atoms with Crippen LogP contribution in [0, 0.1) is 0 Å². The molecule has 3 aromatic carbocycles. The second-order valence-electron chi connectivity index (χ2n) is 10.5. The number of nitrogens with two attached hydrogens (primary N) is 1. The van der Waals surface area contributed by atoms with Crippen LogP contribution >= 0.6 is 27.9 Å². The van der Waals surface area contributed by atoms with Crippen molar-refractivity contribution in [2.24, 2.45) is 5.14 Å². The molecule has 0 unspecified atom stereocenters. The van der Waals surface area contributed by atoms with E-state index < -0.39 is 0 Å². The van der Waals surface area contributed by atoms with E-state index in [1.165, 1.54) is 30.4 Å². The molecule has 0 amide bonds. The summed E-state index contributed by atoms with van der Waals surface area (Å²) < 4.78 is 4.78. The molecule has 1 fully saturated rings. The summed E-state index contributed by atoms with van der Waals surface area (Å²) in [5, 5.41) is 23.4. The van der Waals surface area contributed by atoms with Crippen molar-refractivity contribution in [3.8, 4) is 22.3 Å². The summed E-state index contributed by atoms with van der Waals surface area (Å²) in [5.41, 5.74) is 6.64. The molecule has 1 saturated heterocycles. The molecule has 1 aliphatic rings. The fourth-order valence-electron chi connectivity index (χ4n) is 5.78. The van der Waals surface area contributed by atoms with Crippen LogP contribution in [0.2, 0.25) is 0 Å². The Labute approximate surface area is 271 Å². The highest BCUT2D eigenvalue weighted by Gasteiger charge is 2.16. The Bertz CT molecular complexity index is 1840. The minimum Gasteiger partial charge on any atom is -0.372 e. The number of aryl methyl sites for hydroxylation is 1. The quantitative estimate of drug-likeness (QED) is 0.155. The van der Waals surface area contributed by atoms with Crippen molar-refractivity contribution in [1.29, 1.82) is 0 Å². The number of fused-ring (bicyclic) bond motifs is 2. The van der Waals surface area contributed by atoms with Gasteiger partial charge in [-0.3, -0.25) is 5.14 Å². The van der Waals surface area contributed by atoms with E-state index >= 15 is 0 Å². The number of hydrogen-bond donors (Lipinski definition) is 3. The van der Waals surface area contributed by atoms with Crippen LogP contribution in [0.4, 0.5) is 5.82 Å². The van der Waals surface area contributed by atoms with Crippen LogP contribution in [0.15, 0.2) is 94.8 Å². The molecule has 0 aliphatic carbocycles. The van der Waals surface area contributed by atoms with E-state index in [0.717, 1.165) is 73.5 Å². The fourth-order valence-corrected chi connectivity index (χ4v) is 6.72. The van der Waals surface area contributed by atoms with E-state index in [9.17, 15) is 0 Å². The average Bonchev–Trinajstić information content (AvgIpc) is 3.67. The van der Waals surface area contributed by atoms with E-state index in [4.69, 9.17) is 10.1 Å². The van der Waals surface area contributed by atoms with Crippen LogP contribution in [0.1, 0.15) is 38.7 Å². The molecule has 10 heteroatoms. The molecule has 3 aromatic heterocycles. The summed E-state index contributed by atoms with van der Waals surface area (Å²) in [4.78, 5) is 5.88. The topological polar surface area (TPSA) is 98.1 Å². The van der Waals surface area contributed by atoms with Crippen LogP contribution in [-0.2, 0) is 6.54 Å². The molecular formula is C34H39BrN8S. The third-order valence-electron chi connectivity index (χ3n) is 8.04. The average molecular weight is 672 g/mol. The van der Waals surface area contributed by atoms with Crippen molar-refractivity contribution in [2.45, 2.75) is 44.6 Å². The van der Waals surface area contributed by atoms with Gasteiger partial charge in [-0.15, -0.1) is 0 Å². The first-order valence-corrected chi connectivity index (χ1v) is 16.2. The third-order valence-corrected chi connectivity index (χ3v) is 9.23. The summed E-state index contributed by atoms with van der Waals surface area (Å²) in [7, 11) is 1.88. The summed E-state index contributed by atoms with van der Waals surface area (Å²) in [6.45, 7) is 5.16. The van der Waals surface area contributed by atoms with Crippen molar-refractivity contribution in [1.82, 2.24) is 29.7 Å². The lowest BCUT2D eigenvalue weighted by Crippen LogP contribution is -2.26. The molecule has 4 heterocycles. The lowest BCUT2D eigenvalue weighted by molar-refractivity contribution is 0.460. The van der Waals surface area contributed by atoms with E-state index in [2.05, 4.69) is 104 Å². The van der Waals surface area contributed by atoms with Gasteiger partial charge < -0.3 is 10.6 Å². The molecule has 0 atom stereocenters. The maximum Gasteiger partial charge on any atom is 0.162 e. The maximum atomic E-state index is 5.88.